The highest BCUT2D eigenvalue weighted by Gasteiger charge is 2.34. The molecule has 0 aromatic carbocycles. The van der Waals surface area contributed by atoms with E-state index in [1.807, 2.05) is 41.9 Å². The van der Waals surface area contributed by atoms with E-state index in [1.165, 1.54) is 0 Å². The van der Waals surface area contributed by atoms with Gasteiger partial charge in [0.2, 0.25) is 0 Å². The van der Waals surface area contributed by atoms with Crippen molar-refractivity contribution in [2.24, 2.45) is 10.8 Å². The van der Waals surface area contributed by atoms with Gasteiger partial charge < -0.3 is 19.2 Å². The smallest absolute Gasteiger partial charge is 0.462 e. The third kappa shape index (κ3) is 12.8. The molecule has 0 heterocycles. The zero-order chi connectivity index (χ0) is 20.8. The average Bonchev–Trinajstić information content (AvgIpc) is 2.38. The summed E-state index contributed by atoms with van der Waals surface area (Å²) in [6.45, 7) is 9.45. The van der Waals surface area contributed by atoms with E-state index < -0.39 is 31.9 Å². The molecule has 0 fully saturated rings. The van der Waals surface area contributed by atoms with E-state index in [0.29, 0.717) is 17.4 Å². The SMILES string of the molecule is CC(C)(C)CC(C)(C)C(=O)OCC(O)COP(=O)(O)OCC[N+](C)(C)C. The molecule has 2 unspecified atom stereocenters. The van der Waals surface area contributed by atoms with Gasteiger partial charge in [-0.15, -0.1) is 0 Å². The third-order valence-electron chi connectivity index (χ3n) is 3.38. The molecule has 2 atom stereocenters. The predicted octanol–water partition coefficient (Wildman–Crippen LogP) is 2.19. The summed E-state index contributed by atoms with van der Waals surface area (Å²) in [5, 5.41) is 9.82. The third-order valence-corrected chi connectivity index (χ3v) is 4.36. The zero-order valence-electron chi connectivity index (χ0n) is 17.4. The van der Waals surface area contributed by atoms with E-state index in [-0.39, 0.29) is 18.6 Å². The van der Waals surface area contributed by atoms with Crippen LogP contribution in [-0.4, -0.2) is 74.1 Å². The van der Waals surface area contributed by atoms with E-state index in [2.05, 4.69) is 0 Å². The van der Waals surface area contributed by atoms with Crippen LogP contribution in [0.3, 0.4) is 0 Å². The van der Waals surface area contributed by atoms with E-state index in [1.54, 1.807) is 13.8 Å². The number of rotatable bonds is 11. The fourth-order valence-corrected chi connectivity index (χ4v) is 3.21. The Morgan fingerprint density at radius 1 is 1.08 bits per heavy atom. The summed E-state index contributed by atoms with van der Waals surface area (Å²) in [4.78, 5) is 21.8. The van der Waals surface area contributed by atoms with Crippen LogP contribution in [0.4, 0.5) is 0 Å². The first-order valence-corrected chi connectivity index (χ1v) is 10.2. The first kappa shape index (κ1) is 25.5. The molecule has 0 saturated heterocycles. The van der Waals surface area contributed by atoms with Gasteiger partial charge >= 0.3 is 13.8 Å². The predicted molar refractivity (Wildman–Crippen MR) is 99.4 cm³/mol. The van der Waals surface area contributed by atoms with E-state index in [9.17, 15) is 19.4 Å². The molecule has 26 heavy (non-hydrogen) atoms. The first-order valence-electron chi connectivity index (χ1n) is 8.71. The van der Waals surface area contributed by atoms with Gasteiger partial charge in [-0.25, -0.2) is 4.57 Å². The molecule has 9 heteroatoms. The summed E-state index contributed by atoms with van der Waals surface area (Å²) < 4.78 is 27.0. The summed E-state index contributed by atoms with van der Waals surface area (Å²) in [5.41, 5.74) is -0.740. The van der Waals surface area contributed by atoms with Crippen molar-refractivity contribution < 1.29 is 37.6 Å². The van der Waals surface area contributed by atoms with Gasteiger partial charge in [0.25, 0.3) is 0 Å². The van der Waals surface area contributed by atoms with Crippen LogP contribution in [-0.2, 0) is 23.1 Å². The van der Waals surface area contributed by atoms with Crippen molar-refractivity contribution in [1.29, 1.82) is 0 Å². The number of ether oxygens (including phenoxy) is 1. The summed E-state index contributed by atoms with van der Waals surface area (Å²) >= 11 is 0. The van der Waals surface area contributed by atoms with E-state index in [4.69, 9.17) is 13.8 Å². The minimum absolute atomic E-state index is 0.0448. The van der Waals surface area contributed by atoms with Crippen molar-refractivity contribution in [3.8, 4) is 0 Å². The lowest BCUT2D eigenvalue weighted by Crippen LogP contribution is -2.37. The maximum atomic E-state index is 12.2. The number of carbonyl (C=O) groups is 1. The highest BCUT2D eigenvalue weighted by Crippen LogP contribution is 2.43. The normalized spacial score (nSPS) is 16.8. The quantitative estimate of drug-likeness (QED) is 0.312. The molecule has 0 spiro atoms. The topological polar surface area (TPSA) is 102 Å². The minimum Gasteiger partial charge on any atom is -0.462 e. The largest absolute Gasteiger partial charge is 0.472 e. The molecule has 0 aliphatic heterocycles. The summed E-state index contributed by atoms with van der Waals surface area (Å²) in [5.74, 6) is -0.433. The van der Waals surface area contributed by atoms with Crippen molar-refractivity contribution in [3.63, 3.8) is 0 Å². The Balaban J connectivity index is 4.28. The number of carbonyl (C=O) groups excluding carboxylic acids is 1. The Bertz CT molecular complexity index is 494. The Labute approximate surface area is 157 Å². The molecule has 0 aliphatic rings. The molecule has 0 radical (unpaired) electrons. The van der Waals surface area contributed by atoms with Crippen LogP contribution >= 0.6 is 7.82 Å². The highest BCUT2D eigenvalue weighted by atomic mass is 31.2. The van der Waals surface area contributed by atoms with Gasteiger partial charge in [-0.3, -0.25) is 13.8 Å². The van der Waals surface area contributed by atoms with Gasteiger partial charge in [-0.1, -0.05) is 20.8 Å². The summed E-state index contributed by atoms with van der Waals surface area (Å²) in [7, 11) is 1.52. The van der Waals surface area contributed by atoms with Gasteiger partial charge in [0.05, 0.1) is 33.2 Å². The van der Waals surface area contributed by atoms with Gasteiger partial charge in [0.1, 0.15) is 25.9 Å². The van der Waals surface area contributed by atoms with Crippen molar-refractivity contribution in [2.45, 2.75) is 47.1 Å². The van der Waals surface area contributed by atoms with E-state index in [0.717, 1.165) is 0 Å². The number of hydrogen-bond acceptors (Lipinski definition) is 6. The molecule has 0 aromatic rings. The minimum atomic E-state index is -4.25. The Kier molecular flexibility index (Phi) is 9.44. The lowest BCUT2D eigenvalue weighted by Gasteiger charge is -2.30. The van der Waals surface area contributed by atoms with Crippen LogP contribution in [0, 0.1) is 10.8 Å². The van der Waals surface area contributed by atoms with Crippen molar-refractivity contribution >= 4 is 13.8 Å². The van der Waals surface area contributed by atoms with Gasteiger partial charge in [0, 0.05) is 0 Å². The second-order valence-electron chi connectivity index (χ2n) is 9.49. The molecular formula is C17H37NO7P+. The number of nitrogens with zero attached hydrogens (tertiary/aromatic N) is 1. The highest BCUT2D eigenvalue weighted by molar-refractivity contribution is 7.47. The van der Waals surface area contributed by atoms with Crippen molar-refractivity contribution in [2.75, 3.05) is 47.5 Å². The Hall–Kier alpha value is -0.500. The standard InChI is InChI=1S/C17H36NO7P/c1-16(2,3)13-17(4,5)15(20)23-11-14(19)12-25-26(21,22)24-10-9-18(6,7)8/h14,19H,9-13H2,1-8H3/p+1. The monoisotopic (exact) mass is 398 g/mol. The summed E-state index contributed by atoms with van der Waals surface area (Å²) in [6.07, 6.45) is -0.593. The lowest BCUT2D eigenvalue weighted by molar-refractivity contribution is -0.870. The van der Waals surface area contributed by atoms with Crippen LogP contribution < -0.4 is 0 Å². The maximum Gasteiger partial charge on any atom is 0.472 e. The number of esters is 1. The molecule has 156 valence electrons. The molecule has 0 aromatic heterocycles. The van der Waals surface area contributed by atoms with Gasteiger partial charge in [-0.2, -0.15) is 0 Å². The molecule has 2 N–H and O–H groups in total. The van der Waals surface area contributed by atoms with Crippen LogP contribution in [0.5, 0.6) is 0 Å². The molecular weight excluding hydrogens is 361 g/mol. The van der Waals surface area contributed by atoms with Crippen LogP contribution in [0.25, 0.3) is 0 Å². The number of aliphatic hydroxyl groups is 1. The lowest BCUT2D eigenvalue weighted by atomic mass is 9.76. The van der Waals surface area contributed by atoms with Crippen LogP contribution in [0.1, 0.15) is 41.0 Å². The molecule has 0 bridgehead atoms. The number of likely N-dealkylation sites (N-methyl/N-ethyl adjacent to an activating group) is 1. The van der Waals surface area contributed by atoms with Crippen molar-refractivity contribution in [3.05, 3.63) is 0 Å². The first-order chi connectivity index (χ1) is 11.4. The number of phosphoric acid groups is 1. The number of hydrogen-bond donors (Lipinski definition) is 2. The number of aliphatic hydroxyl groups excluding tert-OH is 1. The Morgan fingerprint density at radius 3 is 2.08 bits per heavy atom. The zero-order valence-corrected chi connectivity index (χ0v) is 18.3. The average molecular weight is 398 g/mol. The molecule has 0 rings (SSSR count). The Morgan fingerprint density at radius 2 is 1.62 bits per heavy atom. The van der Waals surface area contributed by atoms with Crippen LogP contribution in [0.2, 0.25) is 0 Å². The molecule has 0 saturated carbocycles. The molecule has 8 nitrogen and oxygen atoms in total. The second-order valence-corrected chi connectivity index (χ2v) is 10.9. The van der Waals surface area contributed by atoms with E-state index >= 15 is 0 Å². The number of quaternary nitrogens is 1. The fourth-order valence-electron chi connectivity index (χ4n) is 2.46. The molecule has 0 aliphatic carbocycles. The van der Waals surface area contributed by atoms with Gasteiger partial charge in [0.15, 0.2) is 0 Å². The maximum absolute atomic E-state index is 12.2. The molecule has 0 amide bonds. The summed E-state index contributed by atoms with van der Waals surface area (Å²) in [6, 6.07) is 0. The van der Waals surface area contributed by atoms with Crippen LogP contribution in [0.15, 0.2) is 0 Å². The fraction of sp³-hybridized carbons (Fsp3) is 0.941. The number of phosphoric ester groups is 1. The van der Waals surface area contributed by atoms with Gasteiger partial charge in [-0.05, 0) is 25.7 Å². The second kappa shape index (κ2) is 9.62. The van der Waals surface area contributed by atoms with Crippen molar-refractivity contribution in [1.82, 2.24) is 0 Å².